The number of benzene rings is 5. The van der Waals surface area contributed by atoms with Crippen LogP contribution in [0.2, 0.25) is 0 Å². The number of unbranched alkanes of at least 4 members (excludes halogenated alkanes) is 6. The van der Waals surface area contributed by atoms with Gasteiger partial charge in [0.1, 0.15) is 82.9 Å². The van der Waals surface area contributed by atoms with Crippen molar-refractivity contribution >= 4 is 122 Å². The minimum absolute atomic E-state index is 0.0397. The van der Waals surface area contributed by atoms with Crippen LogP contribution in [-0.4, -0.2) is 291 Å². The van der Waals surface area contributed by atoms with Gasteiger partial charge in [0, 0.05) is 90.3 Å². The Bertz CT molecular complexity index is 7560. The standard InChI is InChI=1S/C21H29N5O5.C21H27N5O4.C21H27N5O3.C19H24N4O6.C19H24N4O5/c1-5-25(6-2)14-8-15-13(7-11(14)3)24-18-20(22-12(4)23-21(18)31)26(15)9-16(28)19(30)17(29)10-27;1-13-11-14-16(12-15(13)25(2)3)26(10-8-6-5-7-9-17(27)30-4)19-18(22-14)20(28)24-21(29)23-19;1-13-11-15-17(12-16(13)25(3)4)26(10-8-6-5-7-9-14(2)27)19-18(22-15)20(28)24-21(29)23-19;1-4-29-15-6-12-11(5-9(15)2)22-16-18(20-10(3)21-19(16)28)23(12)7-13(25)17(27)14(26)8-24;1-4-11-6-13-12(5-9(11)2)22-16-18(20-10(3)21-19(16)28)23(13)7-14(25)17(27)15(26)8-24/h7-8,16-17,19,27-30H,4-6,9-10H2,1-3H3,(H,23,31);11-12H,5-10H2,1-4H3,(H,24,28,29);11-12H,5-10H2,1-4H3,(H,24,28,29);5-6,13-14,17,24-27H,3-4,7-8H2,1-2H3,(H,21,28);5-6,14-15,17,24-27H,3-4,7-8H2,1-2H3,(H,21,28)/t16-,17+,19-;;;13-,14+,17-;14-,15+,17-/m0..00/s1. The van der Waals surface area contributed by atoms with Gasteiger partial charge in [-0.2, -0.15) is 9.97 Å². The molecule has 0 unspecified atom stereocenters. The Labute approximate surface area is 842 Å². The lowest BCUT2D eigenvalue weighted by atomic mass is 10.0. The van der Waals surface area contributed by atoms with Crippen molar-refractivity contribution in [1.82, 2.24) is 68.9 Å². The number of carbonyl (C=O) groups is 2. The maximum atomic E-state index is 12.5. The molecular weight excluding hydrogens is 1900 g/mol. The number of nitrogens with zero attached hydrogens (tertiary/aromatic N) is 18. The number of aromatic nitrogens is 14. The summed E-state index contributed by atoms with van der Waals surface area (Å²) in [5.74, 6) is 1.76. The van der Waals surface area contributed by atoms with Gasteiger partial charge >= 0.3 is 17.3 Å². The lowest BCUT2D eigenvalue weighted by molar-refractivity contribution is -0.140. The van der Waals surface area contributed by atoms with E-state index in [1.165, 1.54) is 12.0 Å². The van der Waals surface area contributed by atoms with E-state index in [4.69, 9.17) is 20.1 Å². The topological polar surface area (TPSA) is 650 Å². The number of aliphatic hydroxyl groups excluding tert-OH is 12. The zero-order chi connectivity index (χ0) is 108. The third-order valence-corrected chi connectivity index (χ3v) is 25.1. The van der Waals surface area contributed by atoms with Gasteiger partial charge in [0.05, 0.1) is 109 Å². The number of aliphatic hydroxyl groups is 12. The number of ether oxygens (including phenoxy) is 2. The minimum atomic E-state index is -1.61. The van der Waals surface area contributed by atoms with Crippen LogP contribution in [0.5, 0.6) is 5.75 Å². The number of nitrogens with one attached hydrogen (secondary N) is 5. The predicted octanol–water partition coefficient (Wildman–Crippen LogP) is 0.288. The number of fused-ring (bicyclic) bond motifs is 10. The molecule has 788 valence electrons. The van der Waals surface area contributed by atoms with Gasteiger partial charge in [-0.15, -0.1) is 0 Å². The molecule has 0 amide bonds. The van der Waals surface area contributed by atoms with Crippen molar-refractivity contribution in [2.45, 2.75) is 208 Å². The van der Waals surface area contributed by atoms with Gasteiger partial charge in [0.25, 0.3) is 27.8 Å². The summed E-state index contributed by atoms with van der Waals surface area (Å²) in [5.41, 5.74) is 12.2. The predicted molar refractivity (Wildman–Crippen MR) is 556 cm³/mol. The van der Waals surface area contributed by atoms with Gasteiger partial charge in [-0.05, 0) is 182 Å². The van der Waals surface area contributed by atoms with Crippen LogP contribution in [0.15, 0.2) is 109 Å². The van der Waals surface area contributed by atoms with E-state index in [0.29, 0.717) is 95.1 Å². The Morgan fingerprint density at radius 3 is 1.14 bits per heavy atom. The molecule has 0 bridgehead atoms. The number of β-amino-alcohol motifs (C(OH)–C–C–N with tert-alkyl or cyclic N) is 3. The van der Waals surface area contributed by atoms with Crippen LogP contribution in [0, 0.1) is 34.6 Å². The summed E-state index contributed by atoms with van der Waals surface area (Å²) >= 11 is 0. The number of carbonyl (C=O) groups excluding carboxylic acids is 2. The molecule has 46 heteroatoms. The second-order valence-electron chi connectivity index (χ2n) is 36.4. The highest BCUT2D eigenvalue weighted by Gasteiger charge is 2.37. The largest absolute Gasteiger partial charge is 0.494 e. The molecule has 17 N–H and O–H groups in total. The highest BCUT2D eigenvalue weighted by molar-refractivity contribution is 5.87. The van der Waals surface area contributed by atoms with Gasteiger partial charge in [-0.1, -0.05) is 52.3 Å². The Morgan fingerprint density at radius 2 is 0.776 bits per heavy atom. The number of hydrogen-bond acceptors (Lipinski definition) is 39. The van der Waals surface area contributed by atoms with Crippen LogP contribution < -0.4 is 106 Å². The summed E-state index contributed by atoms with van der Waals surface area (Å²) in [7, 11) is 9.27. The number of esters is 1. The molecule has 0 saturated heterocycles. The molecule has 46 nitrogen and oxygen atoms in total. The number of H-pyrrole nitrogens is 5. The fraction of sp³-hybridized carbons (Fsp3) is 0.455. The monoisotopic (exact) mass is 2030 g/mol. The molecule has 0 saturated carbocycles. The van der Waals surface area contributed by atoms with E-state index in [0.717, 1.165) is 132 Å². The molecule has 0 radical (unpaired) electrons. The molecule has 9 atom stereocenters. The fourth-order valence-electron chi connectivity index (χ4n) is 17.5. The number of anilines is 9. The fourth-order valence-corrected chi connectivity index (χ4v) is 17.5. The number of aromatic amines is 5. The number of methoxy groups -OCH3 is 1. The van der Waals surface area contributed by atoms with E-state index in [2.05, 4.69) is 104 Å². The van der Waals surface area contributed by atoms with Crippen LogP contribution in [-0.2, 0) is 33.8 Å². The molecular formula is C101H131N23O23. The number of Topliss-reactive ketones (excluding diaryl/α,β-unsaturated/α-hetero) is 1. The average Bonchev–Trinajstić information content (AvgIpc) is 0.770. The van der Waals surface area contributed by atoms with Crippen LogP contribution in [0.3, 0.4) is 0 Å². The average molecular weight is 2040 g/mol. The van der Waals surface area contributed by atoms with Crippen molar-refractivity contribution in [2.75, 3.05) is 124 Å². The van der Waals surface area contributed by atoms with Crippen LogP contribution in [0.4, 0.5) is 68.6 Å². The van der Waals surface area contributed by atoms with E-state index in [9.17, 15) is 89.1 Å². The third kappa shape index (κ3) is 26.5. The van der Waals surface area contributed by atoms with E-state index in [1.807, 2.05) is 158 Å². The molecule has 0 fully saturated rings. The first-order valence-electron chi connectivity index (χ1n) is 48.3. The summed E-state index contributed by atoms with van der Waals surface area (Å²) in [6.07, 6.45) is -4.81. The van der Waals surface area contributed by atoms with Crippen LogP contribution in [0.25, 0.3) is 64.8 Å². The molecule has 10 heterocycles. The number of hydrogen-bond donors (Lipinski definition) is 17. The van der Waals surface area contributed by atoms with Crippen molar-refractivity contribution in [1.29, 1.82) is 0 Å². The maximum Gasteiger partial charge on any atom is 0.349 e. The summed E-state index contributed by atoms with van der Waals surface area (Å²) in [4.78, 5) is 174. The second kappa shape index (κ2) is 50.1. The van der Waals surface area contributed by atoms with Crippen molar-refractivity contribution < 1.29 is 80.3 Å². The van der Waals surface area contributed by atoms with Crippen LogP contribution >= 0.6 is 0 Å². The van der Waals surface area contributed by atoms with E-state index < -0.39 is 114 Å². The smallest absolute Gasteiger partial charge is 0.349 e. The van der Waals surface area contributed by atoms with Crippen LogP contribution in [0.1, 0.15) is 132 Å². The SMILES string of the molecule is C=c1nc2c(c(=O)[nH]1)=Nc1cc(C)c(CC)cc1N2C[C@H](O)[C@H](O)[C@H](O)CO.C=c1nc2c(c(=O)[nH]1)=Nc1cc(C)c(N(CC)CC)cc1N2C[C@H](O)[C@H](O)[C@H](O)CO.C=c1nc2c(c(=O)[nH]1)=Nc1cc(C)c(OCC)cc1N2C[C@H](O)[C@H](O)[C@H](O)CO.CC(=O)CCCCCCn1c2nc(=O)[nH]c(=O)c-2nc2cc(C)c(N(C)C)cc21.COC(=O)CCCCCCn1c2nc(=O)[nH]c(=O)c-2nc2cc(C)c(N(C)C)cc21. The van der Waals surface area contributed by atoms with E-state index in [-0.39, 0.29) is 92.7 Å². The Kier molecular flexibility index (Phi) is 38.5. The second-order valence-corrected chi connectivity index (χ2v) is 36.4. The van der Waals surface area contributed by atoms with Gasteiger partial charge in [-0.3, -0.25) is 38.7 Å². The first-order valence-corrected chi connectivity index (χ1v) is 48.3. The zero-order valence-corrected chi connectivity index (χ0v) is 85.1. The molecule has 15 rings (SSSR count). The van der Waals surface area contributed by atoms with Gasteiger partial charge in [-0.25, -0.2) is 49.5 Å². The molecule has 147 heavy (non-hydrogen) atoms. The Morgan fingerprint density at radius 1 is 0.415 bits per heavy atom. The van der Waals surface area contributed by atoms with Gasteiger partial charge in [0.2, 0.25) is 0 Å². The molecule has 5 aromatic carbocycles. The lowest BCUT2D eigenvalue weighted by Crippen LogP contribution is -2.48. The normalized spacial score (nSPS) is 13.9. The lowest BCUT2D eigenvalue weighted by Gasteiger charge is -2.33. The first-order chi connectivity index (χ1) is 69.8. The maximum absolute atomic E-state index is 12.5. The molecule has 0 spiro atoms. The third-order valence-electron chi connectivity index (χ3n) is 25.1. The molecule has 0 aliphatic carbocycles. The Balaban J connectivity index is 0.000000175. The van der Waals surface area contributed by atoms with Crippen molar-refractivity contribution in [3.8, 4) is 28.8 Å². The van der Waals surface area contributed by atoms with Gasteiger partial charge < -0.3 is 129 Å². The first kappa shape index (κ1) is 113. The summed E-state index contributed by atoms with van der Waals surface area (Å²) < 4.78 is 14.1. The van der Waals surface area contributed by atoms with E-state index in [1.54, 1.807) is 28.9 Å². The highest BCUT2D eigenvalue weighted by atomic mass is 16.5. The van der Waals surface area contributed by atoms with Crippen molar-refractivity contribution in [3.05, 3.63) is 199 Å². The molecule has 3 aromatic heterocycles. The molecule has 7 aliphatic rings. The highest BCUT2D eigenvalue weighted by Crippen LogP contribution is 2.43. The Hall–Kier alpha value is -14.4. The van der Waals surface area contributed by atoms with Crippen molar-refractivity contribution in [3.63, 3.8) is 0 Å². The van der Waals surface area contributed by atoms with Gasteiger partial charge in [0.15, 0.2) is 56.6 Å². The quantitative estimate of drug-likeness (QED) is 0.0141. The number of rotatable bonds is 37. The summed E-state index contributed by atoms with van der Waals surface area (Å²) in [6.45, 7) is 30.9. The minimum Gasteiger partial charge on any atom is -0.494 e. The van der Waals surface area contributed by atoms with Crippen molar-refractivity contribution in [2.24, 2.45) is 15.0 Å². The number of ketones is 1. The summed E-state index contributed by atoms with van der Waals surface area (Å²) in [5, 5.41) is 118. The molecule has 8 aromatic rings. The molecule has 7 aliphatic heterocycles. The zero-order valence-electron chi connectivity index (χ0n) is 85.1. The summed E-state index contributed by atoms with van der Waals surface area (Å²) in [6, 6.07) is 18.9. The van der Waals surface area contributed by atoms with E-state index >= 15 is 0 Å². The number of aryl methyl sites for hydroxylation is 8.